The van der Waals surface area contributed by atoms with Crippen LogP contribution in [0, 0.1) is 5.92 Å². The van der Waals surface area contributed by atoms with Crippen molar-refractivity contribution in [2.24, 2.45) is 5.92 Å². The van der Waals surface area contributed by atoms with E-state index >= 15 is 0 Å². The molecule has 0 heterocycles. The Bertz CT molecular complexity index is 444. The van der Waals surface area contributed by atoms with Gasteiger partial charge in [-0.1, -0.05) is 38.1 Å². The molecule has 0 aliphatic rings. The summed E-state index contributed by atoms with van der Waals surface area (Å²) in [6.45, 7) is 6.21. The first-order valence-electron chi connectivity index (χ1n) is 7.45. The Hall–Kier alpha value is -1.39. The highest BCUT2D eigenvalue weighted by atomic mass is 16.5. The third-order valence-electron chi connectivity index (χ3n) is 3.60. The SMILES string of the molecule is COC(=O)Cc1ccccc1CNC(CN(C)C)C(C)C. The molecule has 4 heteroatoms. The highest BCUT2D eigenvalue weighted by Crippen LogP contribution is 2.12. The molecule has 1 unspecified atom stereocenters. The van der Waals surface area contributed by atoms with Crippen LogP contribution >= 0.6 is 0 Å². The highest BCUT2D eigenvalue weighted by molar-refractivity contribution is 5.72. The summed E-state index contributed by atoms with van der Waals surface area (Å²) in [5.41, 5.74) is 2.19. The second kappa shape index (κ2) is 8.80. The van der Waals surface area contributed by atoms with E-state index in [2.05, 4.69) is 44.2 Å². The Kier molecular flexibility index (Phi) is 7.40. The average Bonchev–Trinajstić information content (AvgIpc) is 2.44. The predicted molar refractivity (Wildman–Crippen MR) is 86.2 cm³/mol. The van der Waals surface area contributed by atoms with Crippen molar-refractivity contribution in [2.75, 3.05) is 27.7 Å². The molecule has 0 saturated heterocycles. The topological polar surface area (TPSA) is 41.6 Å². The molecule has 1 N–H and O–H groups in total. The zero-order valence-corrected chi connectivity index (χ0v) is 13.8. The van der Waals surface area contributed by atoms with Crippen LogP contribution in [-0.2, 0) is 22.5 Å². The number of benzene rings is 1. The predicted octanol–water partition coefficient (Wildman–Crippen LogP) is 2.08. The summed E-state index contributed by atoms with van der Waals surface area (Å²) >= 11 is 0. The fourth-order valence-corrected chi connectivity index (χ4v) is 2.28. The van der Waals surface area contributed by atoms with Gasteiger partial charge in [-0.05, 0) is 31.1 Å². The summed E-state index contributed by atoms with van der Waals surface area (Å²) in [6.07, 6.45) is 0.328. The summed E-state index contributed by atoms with van der Waals surface area (Å²) in [7, 11) is 5.60. The molecule has 0 amide bonds. The number of carbonyl (C=O) groups is 1. The number of likely N-dealkylation sites (N-methyl/N-ethyl adjacent to an activating group) is 1. The van der Waals surface area contributed by atoms with Crippen LogP contribution < -0.4 is 5.32 Å². The number of esters is 1. The molecular formula is C17H28N2O2. The molecule has 4 nitrogen and oxygen atoms in total. The van der Waals surface area contributed by atoms with E-state index in [9.17, 15) is 4.79 Å². The minimum absolute atomic E-state index is 0.198. The van der Waals surface area contributed by atoms with Crippen molar-refractivity contribution in [3.63, 3.8) is 0 Å². The second-order valence-corrected chi connectivity index (χ2v) is 6.02. The maximum Gasteiger partial charge on any atom is 0.309 e. The molecule has 1 atom stereocenters. The first-order valence-corrected chi connectivity index (χ1v) is 7.45. The van der Waals surface area contributed by atoms with E-state index < -0.39 is 0 Å². The zero-order chi connectivity index (χ0) is 15.8. The maximum absolute atomic E-state index is 11.5. The fraction of sp³-hybridized carbons (Fsp3) is 0.588. The zero-order valence-electron chi connectivity index (χ0n) is 13.8. The lowest BCUT2D eigenvalue weighted by Gasteiger charge is -2.26. The van der Waals surface area contributed by atoms with E-state index in [0.29, 0.717) is 18.4 Å². The first kappa shape index (κ1) is 17.7. The van der Waals surface area contributed by atoms with Gasteiger partial charge in [0, 0.05) is 19.1 Å². The Balaban J connectivity index is 2.71. The molecule has 0 saturated carbocycles. The molecule has 0 radical (unpaired) electrons. The van der Waals surface area contributed by atoms with E-state index in [0.717, 1.165) is 24.2 Å². The fourth-order valence-electron chi connectivity index (χ4n) is 2.28. The van der Waals surface area contributed by atoms with E-state index in [1.165, 1.54) is 7.11 Å². The maximum atomic E-state index is 11.5. The summed E-state index contributed by atoms with van der Waals surface area (Å²) in [6, 6.07) is 8.45. The lowest BCUT2D eigenvalue weighted by Crippen LogP contribution is -2.41. The summed E-state index contributed by atoms with van der Waals surface area (Å²) in [5.74, 6) is 0.358. The third kappa shape index (κ3) is 6.27. The van der Waals surface area contributed by atoms with Crippen molar-refractivity contribution < 1.29 is 9.53 Å². The van der Waals surface area contributed by atoms with Gasteiger partial charge in [-0.2, -0.15) is 0 Å². The van der Waals surface area contributed by atoms with Gasteiger partial charge in [0.15, 0.2) is 0 Å². The van der Waals surface area contributed by atoms with Gasteiger partial charge in [0.1, 0.15) is 0 Å². The molecule has 1 aromatic carbocycles. The van der Waals surface area contributed by atoms with Crippen LogP contribution in [0.5, 0.6) is 0 Å². The van der Waals surface area contributed by atoms with Crippen LogP contribution in [0.1, 0.15) is 25.0 Å². The molecule has 0 bridgehead atoms. The number of nitrogens with zero attached hydrogens (tertiary/aromatic N) is 1. The van der Waals surface area contributed by atoms with Crippen molar-refractivity contribution in [3.05, 3.63) is 35.4 Å². The van der Waals surface area contributed by atoms with Crippen molar-refractivity contribution >= 4 is 5.97 Å². The molecule has 0 aromatic heterocycles. The largest absolute Gasteiger partial charge is 0.469 e. The molecular weight excluding hydrogens is 264 g/mol. The van der Waals surface area contributed by atoms with Gasteiger partial charge in [0.05, 0.1) is 13.5 Å². The van der Waals surface area contributed by atoms with Gasteiger partial charge in [0.2, 0.25) is 0 Å². The summed E-state index contributed by atoms with van der Waals surface area (Å²) in [5, 5.41) is 3.60. The molecule has 0 spiro atoms. The van der Waals surface area contributed by atoms with Gasteiger partial charge < -0.3 is 15.0 Å². The summed E-state index contributed by atoms with van der Waals surface area (Å²) in [4.78, 5) is 13.7. The number of hydrogen-bond donors (Lipinski definition) is 1. The van der Waals surface area contributed by atoms with Gasteiger partial charge in [-0.3, -0.25) is 4.79 Å². The average molecular weight is 292 g/mol. The Morgan fingerprint density at radius 1 is 1.24 bits per heavy atom. The van der Waals surface area contributed by atoms with Crippen LogP contribution in [-0.4, -0.2) is 44.7 Å². The van der Waals surface area contributed by atoms with Crippen LogP contribution in [0.4, 0.5) is 0 Å². The second-order valence-electron chi connectivity index (χ2n) is 6.02. The molecule has 0 aliphatic heterocycles. The standard InChI is InChI=1S/C17H28N2O2/c1-13(2)16(12-19(3)4)18-11-15-9-7-6-8-14(15)10-17(20)21-5/h6-9,13,16,18H,10-12H2,1-5H3. The molecule has 0 aliphatic carbocycles. The minimum atomic E-state index is -0.198. The minimum Gasteiger partial charge on any atom is -0.469 e. The number of methoxy groups -OCH3 is 1. The highest BCUT2D eigenvalue weighted by Gasteiger charge is 2.15. The number of nitrogens with one attached hydrogen (secondary N) is 1. The molecule has 118 valence electrons. The normalized spacial score (nSPS) is 12.7. The number of ether oxygens (including phenoxy) is 1. The van der Waals surface area contributed by atoms with Gasteiger partial charge >= 0.3 is 5.97 Å². The third-order valence-corrected chi connectivity index (χ3v) is 3.60. The first-order chi connectivity index (χ1) is 9.93. The van der Waals surface area contributed by atoms with Crippen LogP contribution in [0.2, 0.25) is 0 Å². The summed E-state index contributed by atoms with van der Waals surface area (Å²) < 4.78 is 4.76. The molecule has 0 fully saturated rings. The lowest BCUT2D eigenvalue weighted by molar-refractivity contribution is -0.139. The van der Waals surface area contributed by atoms with Crippen molar-refractivity contribution in [2.45, 2.75) is 32.9 Å². The van der Waals surface area contributed by atoms with E-state index in [4.69, 9.17) is 4.74 Å². The Morgan fingerprint density at radius 2 is 1.86 bits per heavy atom. The Labute approximate surface area is 128 Å². The monoisotopic (exact) mass is 292 g/mol. The lowest BCUT2D eigenvalue weighted by atomic mass is 10.0. The van der Waals surface area contributed by atoms with E-state index in [1.54, 1.807) is 0 Å². The molecule has 1 aromatic rings. The van der Waals surface area contributed by atoms with E-state index in [1.807, 2.05) is 18.2 Å². The number of hydrogen-bond acceptors (Lipinski definition) is 4. The van der Waals surface area contributed by atoms with Crippen LogP contribution in [0.25, 0.3) is 0 Å². The molecule has 21 heavy (non-hydrogen) atoms. The van der Waals surface area contributed by atoms with Gasteiger partial charge in [-0.15, -0.1) is 0 Å². The molecule has 1 rings (SSSR count). The van der Waals surface area contributed by atoms with E-state index in [-0.39, 0.29) is 5.97 Å². The van der Waals surface area contributed by atoms with Crippen molar-refractivity contribution in [3.8, 4) is 0 Å². The number of rotatable bonds is 8. The smallest absolute Gasteiger partial charge is 0.309 e. The van der Waals surface area contributed by atoms with Crippen molar-refractivity contribution in [1.82, 2.24) is 10.2 Å². The van der Waals surface area contributed by atoms with Gasteiger partial charge in [-0.25, -0.2) is 0 Å². The Morgan fingerprint density at radius 3 is 2.38 bits per heavy atom. The van der Waals surface area contributed by atoms with Crippen molar-refractivity contribution in [1.29, 1.82) is 0 Å². The quantitative estimate of drug-likeness (QED) is 0.745. The van der Waals surface area contributed by atoms with Gasteiger partial charge in [0.25, 0.3) is 0 Å². The number of carbonyl (C=O) groups excluding carboxylic acids is 1. The van der Waals surface area contributed by atoms with Crippen LogP contribution in [0.3, 0.4) is 0 Å². The van der Waals surface area contributed by atoms with Crippen LogP contribution in [0.15, 0.2) is 24.3 Å².